The van der Waals surface area contributed by atoms with Crippen molar-refractivity contribution in [2.24, 2.45) is 5.73 Å². The van der Waals surface area contributed by atoms with E-state index in [0.717, 1.165) is 11.3 Å². The summed E-state index contributed by atoms with van der Waals surface area (Å²) in [6, 6.07) is 8.21. The number of benzene rings is 1. The lowest BCUT2D eigenvalue weighted by Gasteiger charge is -2.35. The maximum atomic E-state index is 13.1. The summed E-state index contributed by atoms with van der Waals surface area (Å²) in [6.07, 6.45) is 1.12. The van der Waals surface area contributed by atoms with Crippen LogP contribution in [0.4, 0.5) is 14.5 Å². The van der Waals surface area contributed by atoms with Gasteiger partial charge in [-0.2, -0.15) is 0 Å². The summed E-state index contributed by atoms with van der Waals surface area (Å²) in [5.74, 6) is -2.46. The molecular formula is C14H20F2N2. The first kappa shape index (κ1) is 13.3. The van der Waals surface area contributed by atoms with Gasteiger partial charge in [0.25, 0.3) is 0 Å². The van der Waals surface area contributed by atoms with Crippen molar-refractivity contribution < 1.29 is 8.78 Å². The zero-order valence-corrected chi connectivity index (χ0v) is 10.7. The molecule has 2 nitrogen and oxygen atoms in total. The fourth-order valence-electron chi connectivity index (χ4n) is 2.49. The molecular weight excluding hydrogens is 234 g/mol. The lowest BCUT2D eigenvalue weighted by molar-refractivity contribution is -0.0377. The third-order valence-corrected chi connectivity index (χ3v) is 3.81. The van der Waals surface area contributed by atoms with E-state index in [0.29, 0.717) is 19.4 Å². The molecule has 0 amide bonds. The Hall–Kier alpha value is -1.16. The molecule has 100 valence electrons. The third-order valence-electron chi connectivity index (χ3n) is 3.81. The highest BCUT2D eigenvalue weighted by Gasteiger charge is 2.36. The fraction of sp³-hybridized carbons (Fsp3) is 0.571. The van der Waals surface area contributed by atoms with Crippen molar-refractivity contribution in [3.8, 4) is 0 Å². The van der Waals surface area contributed by atoms with E-state index in [4.69, 9.17) is 5.73 Å². The minimum Gasteiger partial charge on any atom is -0.372 e. The molecule has 18 heavy (non-hydrogen) atoms. The number of rotatable bonds is 3. The Balaban J connectivity index is 2.00. The number of hydrogen-bond donors (Lipinski definition) is 1. The van der Waals surface area contributed by atoms with E-state index in [-0.39, 0.29) is 18.9 Å². The summed E-state index contributed by atoms with van der Waals surface area (Å²) in [4.78, 5) is 2.11. The summed E-state index contributed by atoms with van der Waals surface area (Å²) in [7, 11) is 1.98. The van der Waals surface area contributed by atoms with Crippen molar-refractivity contribution in [3.63, 3.8) is 0 Å². The summed E-state index contributed by atoms with van der Waals surface area (Å²) in [5.41, 5.74) is 7.71. The van der Waals surface area contributed by atoms with Crippen LogP contribution in [-0.2, 0) is 6.54 Å². The second kappa shape index (κ2) is 5.22. The molecule has 1 aliphatic rings. The Kier molecular flexibility index (Phi) is 3.85. The van der Waals surface area contributed by atoms with Gasteiger partial charge in [0.1, 0.15) is 0 Å². The molecule has 1 fully saturated rings. The van der Waals surface area contributed by atoms with E-state index in [9.17, 15) is 8.78 Å². The van der Waals surface area contributed by atoms with Crippen molar-refractivity contribution in [2.75, 3.05) is 11.9 Å². The average Bonchev–Trinajstić information content (AvgIpc) is 2.38. The Morgan fingerprint density at radius 2 is 1.78 bits per heavy atom. The van der Waals surface area contributed by atoms with Crippen molar-refractivity contribution in [1.82, 2.24) is 0 Å². The average molecular weight is 254 g/mol. The number of halogens is 2. The monoisotopic (exact) mass is 254 g/mol. The van der Waals surface area contributed by atoms with Crippen LogP contribution in [0.1, 0.15) is 31.2 Å². The van der Waals surface area contributed by atoms with E-state index in [1.165, 1.54) is 0 Å². The molecule has 0 heterocycles. The standard InChI is InChI=1S/C14H20F2N2/c1-18(12-4-2-11(10-17)3-5-12)13-6-8-14(15,16)9-7-13/h2-5,13H,6-10,17H2,1H3. The maximum Gasteiger partial charge on any atom is 0.248 e. The summed E-state index contributed by atoms with van der Waals surface area (Å²) in [5, 5.41) is 0. The number of nitrogens with zero attached hydrogens (tertiary/aromatic N) is 1. The molecule has 0 atom stereocenters. The lowest BCUT2D eigenvalue weighted by atomic mass is 9.91. The second-order valence-electron chi connectivity index (χ2n) is 5.07. The van der Waals surface area contributed by atoms with E-state index in [1.54, 1.807) is 0 Å². The first-order valence-corrected chi connectivity index (χ1v) is 6.41. The predicted molar refractivity (Wildman–Crippen MR) is 69.9 cm³/mol. The van der Waals surface area contributed by atoms with Crippen LogP contribution in [0, 0.1) is 0 Å². The summed E-state index contributed by atoms with van der Waals surface area (Å²) >= 11 is 0. The van der Waals surface area contributed by atoms with Gasteiger partial charge in [-0.05, 0) is 30.5 Å². The molecule has 0 bridgehead atoms. The van der Waals surface area contributed by atoms with Crippen LogP contribution >= 0.6 is 0 Å². The summed E-state index contributed by atoms with van der Waals surface area (Å²) in [6.45, 7) is 0.527. The van der Waals surface area contributed by atoms with E-state index < -0.39 is 5.92 Å². The summed E-state index contributed by atoms with van der Waals surface area (Å²) < 4.78 is 26.2. The van der Waals surface area contributed by atoms with Gasteiger partial charge >= 0.3 is 0 Å². The zero-order chi connectivity index (χ0) is 13.2. The van der Waals surface area contributed by atoms with E-state index >= 15 is 0 Å². The highest BCUT2D eigenvalue weighted by molar-refractivity contribution is 5.47. The molecule has 1 aliphatic carbocycles. The molecule has 0 aromatic heterocycles. The van der Waals surface area contributed by atoms with Gasteiger partial charge in [0.2, 0.25) is 5.92 Å². The molecule has 1 aromatic carbocycles. The SMILES string of the molecule is CN(c1ccc(CN)cc1)C1CCC(F)(F)CC1. The van der Waals surface area contributed by atoms with Crippen molar-refractivity contribution >= 4 is 5.69 Å². The van der Waals surface area contributed by atoms with Gasteiger partial charge in [0, 0.05) is 38.2 Å². The molecule has 1 aromatic rings. The van der Waals surface area contributed by atoms with E-state index in [2.05, 4.69) is 4.90 Å². The molecule has 0 spiro atoms. The number of nitrogens with two attached hydrogens (primary N) is 1. The van der Waals surface area contributed by atoms with Gasteiger partial charge in [-0.3, -0.25) is 0 Å². The fourth-order valence-corrected chi connectivity index (χ4v) is 2.49. The topological polar surface area (TPSA) is 29.3 Å². The lowest BCUT2D eigenvalue weighted by Crippen LogP contribution is -2.38. The molecule has 0 unspecified atom stereocenters. The van der Waals surface area contributed by atoms with Gasteiger partial charge in [-0.25, -0.2) is 8.78 Å². The normalized spacial score (nSPS) is 19.8. The maximum absolute atomic E-state index is 13.1. The van der Waals surface area contributed by atoms with Gasteiger partial charge in [-0.15, -0.1) is 0 Å². The minimum atomic E-state index is -2.46. The van der Waals surface area contributed by atoms with Gasteiger partial charge < -0.3 is 10.6 Å². The van der Waals surface area contributed by atoms with Crippen molar-refractivity contribution in [3.05, 3.63) is 29.8 Å². The Labute approximate surface area is 107 Å². The Morgan fingerprint density at radius 1 is 1.22 bits per heavy atom. The van der Waals surface area contributed by atoms with Gasteiger partial charge in [-0.1, -0.05) is 12.1 Å². The molecule has 0 saturated heterocycles. The quantitative estimate of drug-likeness (QED) is 0.897. The van der Waals surface area contributed by atoms with Crippen LogP contribution in [-0.4, -0.2) is 19.0 Å². The minimum absolute atomic E-state index is 0.00287. The van der Waals surface area contributed by atoms with Gasteiger partial charge in [0.15, 0.2) is 0 Å². The third kappa shape index (κ3) is 2.99. The molecule has 2 rings (SSSR count). The molecule has 1 saturated carbocycles. The smallest absolute Gasteiger partial charge is 0.248 e. The number of hydrogen-bond acceptors (Lipinski definition) is 2. The van der Waals surface area contributed by atoms with Crippen LogP contribution in [0.15, 0.2) is 24.3 Å². The van der Waals surface area contributed by atoms with Crippen LogP contribution in [0.5, 0.6) is 0 Å². The van der Waals surface area contributed by atoms with Crippen LogP contribution < -0.4 is 10.6 Å². The van der Waals surface area contributed by atoms with E-state index in [1.807, 2.05) is 31.3 Å². The molecule has 2 N–H and O–H groups in total. The largest absolute Gasteiger partial charge is 0.372 e. The Morgan fingerprint density at radius 3 is 2.28 bits per heavy atom. The first-order chi connectivity index (χ1) is 8.52. The first-order valence-electron chi connectivity index (χ1n) is 6.41. The van der Waals surface area contributed by atoms with Crippen LogP contribution in [0.3, 0.4) is 0 Å². The van der Waals surface area contributed by atoms with Crippen molar-refractivity contribution in [2.45, 2.75) is 44.2 Å². The zero-order valence-electron chi connectivity index (χ0n) is 10.7. The van der Waals surface area contributed by atoms with Gasteiger partial charge in [0.05, 0.1) is 0 Å². The highest BCUT2D eigenvalue weighted by Crippen LogP contribution is 2.35. The number of anilines is 1. The molecule has 0 aliphatic heterocycles. The molecule has 0 radical (unpaired) electrons. The number of alkyl halides is 2. The van der Waals surface area contributed by atoms with Crippen LogP contribution in [0.2, 0.25) is 0 Å². The van der Waals surface area contributed by atoms with Crippen LogP contribution in [0.25, 0.3) is 0 Å². The predicted octanol–water partition coefficient (Wildman–Crippen LogP) is 3.16. The highest BCUT2D eigenvalue weighted by atomic mass is 19.3. The Bertz CT molecular complexity index is 379. The second-order valence-corrected chi connectivity index (χ2v) is 5.07. The molecule has 4 heteroatoms. The van der Waals surface area contributed by atoms with Crippen molar-refractivity contribution in [1.29, 1.82) is 0 Å².